The summed E-state index contributed by atoms with van der Waals surface area (Å²) in [6, 6.07) is 6.29. The molecule has 35 heavy (non-hydrogen) atoms. The molecule has 1 aromatic heterocycles. The second-order valence-corrected chi connectivity index (χ2v) is 8.96. The van der Waals surface area contributed by atoms with Crippen molar-refractivity contribution >= 4 is 17.5 Å². The molecule has 4 rings (SSSR count). The van der Waals surface area contributed by atoms with E-state index in [4.69, 9.17) is 9.47 Å². The van der Waals surface area contributed by atoms with Gasteiger partial charge in [0.25, 0.3) is 11.8 Å². The Morgan fingerprint density at radius 1 is 1.20 bits per heavy atom. The molecule has 1 aliphatic carbocycles. The molecular weight excluding hydrogens is 470 g/mol. The van der Waals surface area contributed by atoms with Crippen molar-refractivity contribution < 1.29 is 36.6 Å². The maximum absolute atomic E-state index is 14.1. The van der Waals surface area contributed by atoms with Crippen molar-refractivity contribution in [1.29, 1.82) is 0 Å². The molecule has 0 bridgehead atoms. The number of aromatic nitrogens is 1. The topological polar surface area (TPSA) is 89.6 Å². The highest BCUT2D eigenvalue weighted by Crippen LogP contribution is 2.55. The Hall–Kier alpha value is -3.21. The lowest BCUT2D eigenvalue weighted by Crippen LogP contribution is -2.47. The first-order valence-electron chi connectivity index (χ1n) is 11.1. The Morgan fingerprint density at radius 2 is 1.91 bits per heavy atom. The Bertz CT molecular complexity index is 1140. The number of pyridine rings is 1. The predicted octanol–water partition coefficient (Wildman–Crippen LogP) is 4.20. The van der Waals surface area contributed by atoms with Crippen molar-refractivity contribution in [1.82, 2.24) is 10.3 Å². The van der Waals surface area contributed by atoms with Crippen LogP contribution in [0.25, 0.3) is 0 Å². The molecule has 7 nitrogen and oxygen atoms in total. The van der Waals surface area contributed by atoms with Crippen LogP contribution < -0.4 is 15.4 Å². The van der Waals surface area contributed by atoms with Crippen LogP contribution in [-0.4, -0.2) is 47.8 Å². The Morgan fingerprint density at radius 3 is 2.54 bits per heavy atom. The smallest absolute Gasteiger partial charge is 0.417 e. The molecule has 4 atom stereocenters. The number of hydrogen-bond acceptors (Lipinski definition) is 5. The SMILES string of the molecule is CNC(=O)c1cc(NC(=O)[C@@H]2O[C@@](C)(C(F)(F)F)[C@@H](C)[C@H]2c2ccc(F)cc2OC2CC2)ccn1. The lowest BCUT2D eigenvalue weighted by molar-refractivity contribution is -0.272. The third-order valence-corrected chi connectivity index (χ3v) is 6.57. The fourth-order valence-corrected chi connectivity index (χ4v) is 4.25. The van der Waals surface area contributed by atoms with Gasteiger partial charge in [-0.2, -0.15) is 13.2 Å². The number of ether oxygens (including phenoxy) is 2. The Labute approximate surface area is 199 Å². The number of carbonyl (C=O) groups is 2. The highest BCUT2D eigenvalue weighted by Gasteiger charge is 2.65. The van der Waals surface area contributed by atoms with Gasteiger partial charge in [-0.15, -0.1) is 0 Å². The summed E-state index contributed by atoms with van der Waals surface area (Å²) < 4.78 is 67.6. The average molecular weight is 495 g/mol. The van der Waals surface area contributed by atoms with E-state index in [1.54, 1.807) is 0 Å². The molecule has 0 radical (unpaired) electrons. The number of alkyl halides is 3. The van der Waals surface area contributed by atoms with Crippen LogP contribution in [-0.2, 0) is 9.53 Å². The summed E-state index contributed by atoms with van der Waals surface area (Å²) >= 11 is 0. The standard InChI is InChI=1S/C24H25F4N3O4/c1-12-19(16-7-4-13(25)10-18(16)34-15-5-6-15)20(35-23(12,2)24(26,27)28)22(33)31-14-8-9-30-17(11-14)21(32)29-3/h4,7-12,15,19-20H,5-6H2,1-3H3,(H,29,32)(H,30,31,33)/t12-,19-,20+,23+/m0/s1. The number of halogens is 4. The summed E-state index contributed by atoms with van der Waals surface area (Å²) in [5.41, 5.74) is -2.20. The minimum Gasteiger partial charge on any atom is -0.490 e. The summed E-state index contributed by atoms with van der Waals surface area (Å²) in [7, 11) is 1.41. The van der Waals surface area contributed by atoms with Crippen LogP contribution in [0.3, 0.4) is 0 Å². The minimum atomic E-state index is -4.78. The van der Waals surface area contributed by atoms with Crippen molar-refractivity contribution in [2.45, 2.75) is 56.6 Å². The average Bonchev–Trinajstić information content (AvgIpc) is 3.57. The van der Waals surface area contributed by atoms with Gasteiger partial charge in [0.1, 0.15) is 23.4 Å². The summed E-state index contributed by atoms with van der Waals surface area (Å²) in [5, 5.41) is 4.93. The van der Waals surface area contributed by atoms with Crippen LogP contribution in [0.5, 0.6) is 5.75 Å². The number of hydrogen-bond donors (Lipinski definition) is 2. The monoisotopic (exact) mass is 495 g/mol. The van der Waals surface area contributed by atoms with Crippen molar-refractivity contribution in [3.8, 4) is 5.75 Å². The molecule has 1 saturated carbocycles. The quantitative estimate of drug-likeness (QED) is 0.587. The van der Waals surface area contributed by atoms with Gasteiger partial charge >= 0.3 is 6.18 Å². The third-order valence-electron chi connectivity index (χ3n) is 6.57. The van der Waals surface area contributed by atoms with Gasteiger partial charge < -0.3 is 20.1 Å². The second-order valence-electron chi connectivity index (χ2n) is 8.96. The van der Waals surface area contributed by atoms with E-state index in [-0.39, 0.29) is 28.8 Å². The van der Waals surface area contributed by atoms with Crippen molar-refractivity contribution in [2.75, 3.05) is 12.4 Å². The van der Waals surface area contributed by atoms with Gasteiger partial charge in [-0.25, -0.2) is 4.39 Å². The van der Waals surface area contributed by atoms with Gasteiger partial charge in [-0.1, -0.05) is 13.0 Å². The molecule has 2 amide bonds. The van der Waals surface area contributed by atoms with Crippen LogP contribution in [0.2, 0.25) is 0 Å². The molecule has 1 aromatic carbocycles. The fourth-order valence-electron chi connectivity index (χ4n) is 4.25. The summed E-state index contributed by atoms with van der Waals surface area (Å²) in [5.74, 6) is -4.13. The number of benzene rings is 1. The number of rotatable bonds is 6. The van der Waals surface area contributed by atoms with Gasteiger partial charge in [0, 0.05) is 42.4 Å². The molecule has 188 valence electrons. The number of nitrogens with zero attached hydrogens (tertiary/aromatic N) is 1. The molecule has 2 heterocycles. The van der Waals surface area contributed by atoms with Gasteiger partial charge in [0.15, 0.2) is 5.60 Å². The zero-order chi connectivity index (χ0) is 25.5. The van der Waals surface area contributed by atoms with Crippen LogP contribution in [0.1, 0.15) is 48.7 Å². The molecule has 1 aliphatic heterocycles. The molecule has 2 aliphatic rings. The summed E-state index contributed by atoms with van der Waals surface area (Å²) in [4.78, 5) is 29.0. The van der Waals surface area contributed by atoms with E-state index in [9.17, 15) is 27.2 Å². The van der Waals surface area contributed by atoms with E-state index in [0.29, 0.717) is 0 Å². The van der Waals surface area contributed by atoms with Crippen LogP contribution in [0, 0.1) is 11.7 Å². The first kappa shape index (κ1) is 24.9. The van der Waals surface area contributed by atoms with Gasteiger partial charge in [-0.3, -0.25) is 14.6 Å². The Kier molecular flexibility index (Phi) is 6.48. The largest absolute Gasteiger partial charge is 0.490 e. The van der Waals surface area contributed by atoms with E-state index in [1.165, 1.54) is 38.4 Å². The molecule has 0 unspecified atom stereocenters. The molecule has 2 N–H and O–H groups in total. The van der Waals surface area contributed by atoms with Crippen molar-refractivity contribution in [2.24, 2.45) is 5.92 Å². The summed E-state index contributed by atoms with van der Waals surface area (Å²) in [6.07, 6.45) is -3.69. The lowest BCUT2D eigenvalue weighted by atomic mass is 9.77. The van der Waals surface area contributed by atoms with E-state index in [0.717, 1.165) is 31.9 Å². The lowest BCUT2D eigenvalue weighted by Gasteiger charge is -2.32. The first-order valence-corrected chi connectivity index (χ1v) is 11.1. The third kappa shape index (κ3) is 4.82. The normalized spacial score (nSPS) is 26.3. The van der Waals surface area contributed by atoms with Gasteiger partial charge in [0.2, 0.25) is 0 Å². The van der Waals surface area contributed by atoms with Crippen LogP contribution in [0.15, 0.2) is 36.5 Å². The molecule has 1 saturated heterocycles. The van der Waals surface area contributed by atoms with Crippen molar-refractivity contribution in [3.05, 3.63) is 53.6 Å². The fraction of sp³-hybridized carbons (Fsp3) is 0.458. The zero-order valence-corrected chi connectivity index (χ0v) is 19.3. The number of carbonyl (C=O) groups excluding carboxylic acids is 2. The summed E-state index contributed by atoms with van der Waals surface area (Å²) in [6.45, 7) is 2.25. The molecule has 2 aromatic rings. The van der Waals surface area contributed by atoms with Crippen molar-refractivity contribution in [3.63, 3.8) is 0 Å². The molecule has 2 fully saturated rings. The second kappa shape index (κ2) is 9.10. The molecular formula is C24H25F4N3O4. The molecule has 0 spiro atoms. The zero-order valence-electron chi connectivity index (χ0n) is 19.3. The van der Waals surface area contributed by atoms with E-state index in [2.05, 4.69) is 15.6 Å². The molecule has 11 heteroatoms. The highest BCUT2D eigenvalue weighted by molar-refractivity contribution is 5.97. The minimum absolute atomic E-state index is 0.0151. The maximum atomic E-state index is 14.1. The van der Waals surface area contributed by atoms with Gasteiger partial charge in [-0.05, 0) is 38.0 Å². The number of nitrogens with one attached hydrogen (secondary N) is 2. The number of anilines is 1. The van der Waals surface area contributed by atoms with Crippen LogP contribution in [0.4, 0.5) is 23.2 Å². The first-order chi connectivity index (χ1) is 16.4. The van der Waals surface area contributed by atoms with E-state index in [1.807, 2.05) is 0 Å². The van der Waals surface area contributed by atoms with Gasteiger partial charge in [0.05, 0.1) is 6.10 Å². The Balaban J connectivity index is 1.71. The number of amides is 2. The predicted molar refractivity (Wildman–Crippen MR) is 118 cm³/mol. The van der Waals surface area contributed by atoms with E-state index < -0.39 is 47.3 Å². The highest BCUT2D eigenvalue weighted by atomic mass is 19.4. The maximum Gasteiger partial charge on any atom is 0.417 e. The van der Waals surface area contributed by atoms with E-state index >= 15 is 0 Å². The van der Waals surface area contributed by atoms with Crippen LogP contribution >= 0.6 is 0 Å².